The molecule has 1 aromatic carbocycles. The van der Waals surface area contributed by atoms with Gasteiger partial charge < -0.3 is 5.73 Å². The topological polar surface area (TPSA) is 29.3 Å². The normalized spacial score (nSPS) is 22.9. The quantitative estimate of drug-likeness (QED) is 0.868. The third kappa shape index (κ3) is 2.53. The average molecular weight is 232 g/mol. The zero-order valence-corrected chi connectivity index (χ0v) is 11.2. The first kappa shape index (κ1) is 12.6. The van der Waals surface area contributed by atoms with E-state index >= 15 is 0 Å². The fraction of sp³-hybridized carbons (Fsp3) is 0.600. The van der Waals surface area contributed by atoms with E-state index in [1.807, 2.05) is 0 Å². The van der Waals surface area contributed by atoms with Crippen LogP contribution in [0.2, 0.25) is 0 Å². The Hall–Kier alpha value is -0.860. The van der Waals surface area contributed by atoms with Crippen molar-refractivity contribution in [3.8, 4) is 0 Å². The minimum absolute atomic E-state index is 0.492. The molecule has 2 rings (SSSR count). The highest BCUT2D eigenvalue weighted by Crippen LogP contribution is 2.30. The molecule has 0 radical (unpaired) electrons. The largest absolute Gasteiger partial charge is 0.329 e. The Balaban J connectivity index is 2.24. The molecule has 1 aromatic rings. The summed E-state index contributed by atoms with van der Waals surface area (Å²) in [4.78, 5) is 2.57. The molecule has 1 fully saturated rings. The van der Waals surface area contributed by atoms with Crippen LogP contribution < -0.4 is 5.73 Å². The standard InChI is InChI=1S/C15H24N2/c1-11-6-7-12(2)15(9-11)13(3)17-8-4-5-14(17)10-16/h6-7,9,13-14H,4-5,8,10,16H2,1-3H3. The van der Waals surface area contributed by atoms with Crippen LogP contribution in [0.5, 0.6) is 0 Å². The van der Waals surface area contributed by atoms with Crippen molar-refractivity contribution >= 4 is 0 Å². The van der Waals surface area contributed by atoms with Gasteiger partial charge in [-0.05, 0) is 51.3 Å². The van der Waals surface area contributed by atoms with Crippen LogP contribution in [0.4, 0.5) is 0 Å². The second-order valence-corrected chi connectivity index (χ2v) is 5.31. The molecule has 1 aliphatic heterocycles. The Morgan fingerprint density at radius 2 is 2.18 bits per heavy atom. The molecule has 0 aromatic heterocycles. The lowest BCUT2D eigenvalue weighted by molar-refractivity contribution is 0.196. The third-order valence-electron chi connectivity index (χ3n) is 4.08. The Labute approximate surface area is 105 Å². The number of hydrogen-bond acceptors (Lipinski definition) is 2. The van der Waals surface area contributed by atoms with Crippen molar-refractivity contribution in [2.75, 3.05) is 13.1 Å². The van der Waals surface area contributed by atoms with Gasteiger partial charge in [0.25, 0.3) is 0 Å². The van der Waals surface area contributed by atoms with Gasteiger partial charge >= 0.3 is 0 Å². The Morgan fingerprint density at radius 3 is 2.88 bits per heavy atom. The Bertz CT molecular complexity index is 387. The van der Waals surface area contributed by atoms with Gasteiger partial charge in [-0.3, -0.25) is 4.90 Å². The zero-order chi connectivity index (χ0) is 12.4. The van der Waals surface area contributed by atoms with Crippen molar-refractivity contribution in [2.45, 2.75) is 45.7 Å². The van der Waals surface area contributed by atoms with E-state index < -0.39 is 0 Å². The summed E-state index contributed by atoms with van der Waals surface area (Å²) in [5.74, 6) is 0. The van der Waals surface area contributed by atoms with Crippen LogP contribution in [0.3, 0.4) is 0 Å². The highest BCUT2D eigenvalue weighted by atomic mass is 15.2. The zero-order valence-electron chi connectivity index (χ0n) is 11.2. The number of nitrogens with zero attached hydrogens (tertiary/aromatic N) is 1. The van der Waals surface area contributed by atoms with Gasteiger partial charge in [0, 0.05) is 18.6 Å². The number of hydrogen-bond donors (Lipinski definition) is 1. The lowest BCUT2D eigenvalue weighted by atomic mass is 9.98. The molecule has 2 unspecified atom stereocenters. The lowest BCUT2D eigenvalue weighted by Gasteiger charge is -2.31. The first-order valence-corrected chi connectivity index (χ1v) is 6.66. The van der Waals surface area contributed by atoms with E-state index in [-0.39, 0.29) is 0 Å². The van der Waals surface area contributed by atoms with Crippen molar-refractivity contribution in [1.82, 2.24) is 4.90 Å². The third-order valence-corrected chi connectivity index (χ3v) is 4.08. The van der Waals surface area contributed by atoms with Crippen molar-refractivity contribution in [3.63, 3.8) is 0 Å². The molecule has 0 saturated carbocycles. The molecule has 17 heavy (non-hydrogen) atoms. The molecule has 1 saturated heterocycles. The van der Waals surface area contributed by atoms with E-state index in [0.717, 1.165) is 6.54 Å². The minimum atomic E-state index is 0.492. The molecule has 2 heteroatoms. The molecule has 0 bridgehead atoms. The van der Waals surface area contributed by atoms with Crippen LogP contribution >= 0.6 is 0 Å². The van der Waals surface area contributed by atoms with Crippen LogP contribution in [0.25, 0.3) is 0 Å². The maximum Gasteiger partial charge on any atom is 0.0326 e. The van der Waals surface area contributed by atoms with Crippen molar-refractivity contribution in [1.29, 1.82) is 0 Å². The number of likely N-dealkylation sites (tertiary alicyclic amines) is 1. The summed E-state index contributed by atoms with van der Waals surface area (Å²) in [6, 6.07) is 7.81. The van der Waals surface area contributed by atoms with E-state index in [4.69, 9.17) is 5.73 Å². The maximum absolute atomic E-state index is 5.87. The SMILES string of the molecule is Cc1ccc(C)c(C(C)N2CCCC2CN)c1. The number of benzene rings is 1. The number of aryl methyl sites for hydroxylation is 2. The van der Waals surface area contributed by atoms with Gasteiger partial charge in [-0.25, -0.2) is 0 Å². The monoisotopic (exact) mass is 232 g/mol. The fourth-order valence-corrected chi connectivity index (χ4v) is 3.01. The second kappa shape index (κ2) is 5.19. The molecule has 0 spiro atoms. The minimum Gasteiger partial charge on any atom is -0.329 e. The van der Waals surface area contributed by atoms with E-state index in [2.05, 4.69) is 43.9 Å². The smallest absolute Gasteiger partial charge is 0.0326 e. The summed E-state index contributed by atoms with van der Waals surface area (Å²) in [5.41, 5.74) is 10.1. The van der Waals surface area contributed by atoms with E-state index in [1.54, 1.807) is 0 Å². The first-order chi connectivity index (χ1) is 8.13. The lowest BCUT2D eigenvalue weighted by Crippen LogP contribution is -2.37. The molecule has 1 aliphatic rings. The fourth-order valence-electron chi connectivity index (χ4n) is 3.01. The summed E-state index contributed by atoms with van der Waals surface area (Å²) >= 11 is 0. The van der Waals surface area contributed by atoms with Gasteiger partial charge in [-0.2, -0.15) is 0 Å². The van der Waals surface area contributed by atoms with Gasteiger partial charge in [0.2, 0.25) is 0 Å². The molecular weight excluding hydrogens is 208 g/mol. The summed E-state index contributed by atoms with van der Waals surface area (Å²) in [7, 11) is 0. The molecule has 94 valence electrons. The van der Waals surface area contributed by atoms with Crippen molar-refractivity contribution < 1.29 is 0 Å². The second-order valence-electron chi connectivity index (χ2n) is 5.31. The van der Waals surface area contributed by atoms with Crippen LogP contribution in [-0.4, -0.2) is 24.0 Å². The summed E-state index contributed by atoms with van der Waals surface area (Å²) in [6.45, 7) is 8.67. The highest BCUT2D eigenvalue weighted by molar-refractivity contribution is 5.33. The van der Waals surface area contributed by atoms with Gasteiger partial charge in [0.15, 0.2) is 0 Å². The predicted octanol–water partition coefficient (Wildman–Crippen LogP) is 2.79. The van der Waals surface area contributed by atoms with Gasteiger partial charge in [-0.1, -0.05) is 23.8 Å². The molecular formula is C15H24N2. The van der Waals surface area contributed by atoms with Crippen LogP contribution in [0.15, 0.2) is 18.2 Å². The first-order valence-electron chi connectivity index (χ1n) is 6.66. The maximum atomic E-state index is 5.87. The summed E-state index contributed by atoms with van der Waals surface area (Å²) in [5, 5.41) is 0. The van der Waals surface area contributed by atoms with Gasteiger partial charge in [0.1, 0.15) is 0 Å². The van der Waals surface area contributed by atoms with E-state index in [0.29, 0.717) is 12.1 Å². The summed E-state index contributed by atoms with van der Waals surface area (Å²) in [6.07, 6.45) is 2.54. The van der Waals surface area contributed by atoms with Crippen LogP contribution in [-0.2, 0) is 0 Å². The summed E-state index contributed by atoms with van der Waals surface area (Å²) < 4.78 is 0. The number of rotatable bonds is 3. The van der Waals surface area contributed by atoms with E-state index in [1.165, 1.54) is 36.1 Å². The van der Waals surface area contributed by atoms with Crippen molar-refractivity contribution in [2.24, 2.45) is 5.73 Å². The molecule has 0 aliphatic carbocycles. The molecule has 2 atom stereocenters. The Kier molecular flexibility index (Phi) is 3.85. The van der Waals surface area contributed by atoms with Gasteiger partial charge in [-0.15, -0.1) is 0 Å². The molecule has 0 amide bonds. The highest BCUT2D eigenvalue weighted by Gasteiger charge is 2.28. The van der Waals surface area contributed by atoms with Crippen LogP contribution in [0.1, 0.15) is 42.5 Å². The average Bonchev–Trinajstić information content (AvgIpc) is 2.79. The number of nitrogens with two attached hydrogens (primary N) is 1. The van der Waals surface area contributed by atoms with Gasteiger partial charge in [0.05, 0.1) is 0 Å². The van der Waals surface area contributed by atoms with Crippen molar-refractivity contribution in [3.05, 3.63) is 34.9 Å². The molecule has 1 heterocycles. The predicted molar refractivity (Wildman–Crippen MR) is 73.1 cm³/mol. The molecule has 2 nitrogen and oxygen atoms in total. The van der Waals surface area contributed by atoms with E-state index in [9.17, 15) is 0 Å². The van der Waals surface area contributed by atoms with Crippen LogP contribution in [0, 0.1) is 13.8 Å². The molecule has 2 N–H and O–H groups in total. The Morgan fingerprint density at radius 1 is 1.41 bits per heavy atom.